The van der Waals surface area contributed by atoms with Crippen LogP contribution in [0, 0.1) is 5.92 Å². The zero-order valence-electron chi connectivity index (χ0n) is 11.3. The van der Waals surface area contributed by atoms with Crippen LogP contribution in [0.5, 0.6) is 0 Å². The first-order valence-electron chi connectivity index (χ1n) is 7.85. The Morgan fingerprint density at radius 3 is 2.53 bits per heavy atom. The molecule has 0 aromatic rings. The Balaban J connectivity index is 1.54. The third-order valence-electron chi connectivity index (χ3n) is 5.44. The van der Waals surface area contributed by atoms with Crippen molar-refractivity contribution in [2.45, 2.75) is 76.4 Å². The van der Waals surface area contributed by atoms with E-state index in [2.05, 4.69) is 17.1 Å². The topological polar surface area (TPSA) is 15.3 Å². The van der Waals surface area contributed by atoms with Crippen molar-refractivity contribution in [3.63, 3.8) is 0 Å². The molecule has 0 aromatic carbocycles. The molecule has 2 heterocycles. The number of hydrogen-bond donors (Lipinski definition) is 1. The van der Waals surface area contributed by atoms with E-state index in [1.165, 1.54) is 64.5 Å². The van der Waals surface area contributed by atoms with Crippen LogP contribution in [-0.2, 0) is 0 Å². The normalized spacial score (nSPS) is 37.2. The van der Waals surface area contributed by atoms with Crippen LogP contribution in [0.25, 0.3) is 0 Å². The number of rotatable bonds is 3. The second-order valence-corrected chi connectivity index (χ2v) is 6.49. The molecular formula is C15H28N2. The van der Waals surface area contributed by atoms with Gasteiger partial charge in [0.15, 0.2) is 0 Å². The van der Waals surface area contributed by atoms with Gasteiger partial charge in [-0.2, -0.15) is 0 Å². The van der Waals surface area contributed by atoms with Gasteiger partial charge in [0, 0.05) is 24.7 Å². The summed E-state index contributed by atoms with van der Waals surface area (Å²) in [7, 11) is 0. The van der Waals surface area contributed by atoms with Gasteiger partial charge in [0.25, 0.3) is 0 Å². The summed E-state index contributed by atoms with van der Waals surface area (Å²) in [6, 6.07) is 2.42. The molecule has 0 bridgehead atoms. The van der Waals surface area contributed by atoms with Gasteiger partial charge in [-0.3, -0.25) is 4.90 Å². The maximum atomic E-state index is 3.98. The minimum atomic E-state index is 0.754. The van der Waals surface area contributed by atoms with E-state index in [9.17, 15) is 0 Å². The molecule has 17 heavy (non-hydrogen) atoms. The van der Waals surface area contributed by atoms with Crippen molar-refractivity contribution in [3.05, 3.63) is 0 Å². The van der Waals surface area contributed by atoms with Gasteiger partial charge >= 0.3 is 0 Å². The smallest absolute Gasteiger partial charge is 0.0249 e. The molecule has 2 unspecified atom stereocenters. The van der Waals surface area contributed by atoms with Crippen LogP contribution in [0.4, 0.5) is 0 Å². The second kappa shape index (κ2) is 5.27. The maximum Gasteiger partial charge on any atom is 0.0249 e. The van der Waals surface area contributed by atoms with E-state index in [1.54, 1.807) is 0 Å². The summed E-state index contributed by atoms with van der Waals surface area (Å²) in [5.74, 6) is 0.965. The summed E-state index contributed by atoms with van der Waals surface area (Å²) in [5.41, 5.74) is 0. The van der Waals surface area contributed by atoms with Crippen molar-refractivity contribution < 1.29 is 0 Å². The highest BCUT2D eigenvalue weighted by molar-refractivity contribution is 4.95. The summed E-state index contributed by atoms with van der Waals surface area (Å²) >= 11 is 0. The second-order valence-electron chi connectivity index (χ2n) is 6.49. The number of hydrogen-bond acceptors (Lipinski definition) is 2. The van der Waals surface area contributed by atoms with E-state index in [0.717, 1.165) is 24.0 Å². The molecule has 0 amide bonds. The average Bonchev–Trinajstić information content (AvgIpc) is 2.98. The molecule has 3 atom stereocenters. The Labute approximate surface area is 106 Å². The fourth-order valence-corrected chi connectivity index (χ4v) is 4.37. The molecule has 1 saturated carbocycles. The van der Waals surface area contributed by atoms with Gasteiger partial charge in [-0.15, -0.1) is 0 Å². The van der Waals surface area contributed by atoms with Crippen molar-refractivity contribution in [1.82, 2.24) is 10.2 Å². The van der Waals surface area contributed by atoms with E-state index in [0.29, 0.717) is 0 Å². The zero-order chi connectivity index (χ0) is 11.7. The molecule has 0 radical (unpaired) electrons. The van der Waals surface area contributed by atoms with Crippen molar-refractivity contribution in [2.24, 2.45) is 5.92 Å². The molecule has 3 aliphatic rings. The van der Waals surface area contributed by atoms with Gasteiger partial charge in [0.2, 0.25) is 0 Å². The molecule has 2 aliphatic heterocycles. The lowest BCUT2D eigenvalue weighted by atomic mass is 9.95. The predicted octanol–water partition coefficient (Wildman–Crippen LogP) is 2.78. The number of nitrogens with zero attached hydrogens (tertiary/aromatic N) is 1. The van der Waals surface area contributed by atoms with Gasteiger partial charge in [-0.25, -0.2) is 0 Å². The molecular weight excluding hydrogens is 208 g/mol. The number of piperidine rings is 1. The first-order chi connectivity index (χ1) is 8.34. The summed E-state index contributed by atoms with van der Waals surface area (Å²) < 4.78 is 0. The molecule has 2 heteroatoms. The molecule has 3 rings (SSSR count). The first-order valence-corrected chi connectivity index (χ1v) is 7.85. The van der Waals surface area contributed by atoms with Crippen LogP contribution in [0.15, 0.2) is 0 Å². The Morgan fingerprint density at radius 2 is 1.71 bits per heavy atom. The standard InChI is InChI=1S/C15H28N2/c1-12(13-6-2-3-7-13)16-14-9-11-17-10-5-4-8-15(14)17/h12-16H,2-11H2,1H3/t12-,14?,15?/m0/s1. The third kappa shape index (κ3) is 2.53. The van der Waals surface area contributed by atoms with Crippen molar-refractivity contribution in [1.29, 1.82) is 0 Å². The number of fused-ring (bicyclic) bond motifs is 1. The minimum absolute atomic E-state index is 0.754. The fraction of sp³-hybridized carbons (Fsp3) is 1.00. The fourth-order valence-electron chi connectivity index (χ4n) is 4.37. The van der Waals surface area contributed by atoms with Crippen LogP contribution >= 0.6 is 0 Å². The zero-order valence-corrected chi connectivity index (χ0v) is 11.3. The lowest BCUT2D eigenvalue weighted by Crippen LogP contribution is -2.49. The van der Waals surface area contributed by atoms with E-state index in [-0.39, 0.29) is 0 Å². The van der Waals surface area contributed by atoms with Gasteiger partial charge < -0.3 is 5.32 Å². The largest absolute Gasteiger partial charge is 0.310 e. The summed E-state index contributed by atoms with van der Waals surface area (Å²) in [5, 5.41) is 3.98. The summed E-state index contributed by atoms with van der Waals surface area (Å²) in [4.78, 5) is 2.74. The lowest BCUT2D eigenvalue weighted by Gasteiger charge is -2.34. The Bertz CT molecular complexity index is 247. The summed E-state index contributed by atoms with van der Waals surface area (Å²) in [6.45, 7) is 5.14. The van der Waals surface area contributed by atoms with Gasteiger partial charge in [-0.05, 0) is 51.5 Å². The highest BCUT2D eigenvalue weighted by Crippen LogP contribution is 2.31. The Morgan fingerprint density at radius 1 is 0.941 bits per heavy atom. The quantitative estimate of drug-likeness (QED) is 0.810. The van der Waals surface area contributed by atoms with E-state index >= 15 is 0 Å². The molecule has 1 N–H and O–H groups in total. The predicted molar refractivity (Wildman–Crippen MR) is 72.2 cm³/mol. The highest BCUT2D eigenvalue weighted by Gasteiger charge is 2.36. The van der Waals surface area contributed by atoms with E-state index in [4.69, 9.17) is 0 Å². The highest BCUT2D eigenvalue weighted by atomic mass is 15.2. The molecule has 98 valence electrons. The van der Waals surface area contributed by atoms with Crippen molar-refractivity contribution in [2.75, 3.05) is 13.1 Å². The third-order valence-corrected chi connectivity index (χ3v) is 5.44. The average molecular weight is 236 g/mol. The SMILES string of the molecule is C[C@H](NC1CCN2CCCCC12)C1CCCC1. The van der Waals surface area contributed by atoms with Gasteiger partial charge in [-0.1, -0.05) is 19.3 Å². The first kappa shape index (κ1) is 12.0. The van der Waals surface area contributed by atoms with E-state index < -0.39 is 0 Å². The molecule has 0 spiro atoms. The van der Waals surface area contributed by atoms with Crippen LogP contribution in [0.1, 0.15) is 58.3 Å². The van der Waals surface area contributed by atoms with Crippen molar-refractivity contribution >= 4 is 0 Å². The number of nitrogens with one attached hydrogen (secondary N) is 1. The van der Waals surface area contributed by atoms with Crippen molar-refractivity contribution in [3.8, 4) is 0 Å². The molecule has 3 fully saturated rings. The van der Waals surface area contributed by atoms with Crippen LogP contribution < -0.4 is 5.32 Å². The minimum Gasteiger partial charge on any atom is -0.310 e. The molecule has 0 aromatic heterocycles. The molecule has 2 saturated heterocycles. The Kier molecular flexibility index (Phi) is 3.72. The van der Waals surface area contributed by atoms with Crippen LogP contribution in [0.3, 0.4) is 0 Å². The molecule has 1 aliphatic carbocycles. The molecule has 2 nitrogen and oxygen atoms in total. The van der Waals surface area contributed by atoms with E-state index in [1.807, 2.05) is 0 Å². The Hall–Kier alpha value is -0.0800. The van der Waals surface area contributed by atoms with Gasteiger partial charge in [0.05, 0.1) is 0 Å². The monoisotopic (exact) mass is 236 g/mol. The van der Waals surface area contributed by atoms with Crippen LogP contribution in [-0.4, -0.2) is 36.1 Å². The lowest BCUT2D eigenvalue weighted by molar-refractivity contribution is 0.172. The summed E-state index contributed by atoms with van der Waals surface area (Å²) in [6.07, 6.45) is 11.6. The van der Waals surface area contributed by atoms with Crippen LogP contribution in [0.2, 0.25) is 0 Å². The maximum absolute atomic E-state index is 3.98. The van der Waals surface area contributed by atoms with Gasteiger partial charge in [0.1, 0.15) is 0 Å².